The van der Waals surface area contributed by atoms with E-state index in [1.165, 1.54) is 12.1 Å². The largest absolute Gasteiger partial charge is 0.504 e. The standard InChI is InChI=1S/C16H17NO4/c1-2-21-14-10-11(8-9-13(14)18)15(16(19)20)17-12-6-4-3-5-7-12/h3-10,15,17-18H,2H2,1H3,(H,19,20). The van der Waals surface area contributed by atoms with E-state index in [-0.39, 0.29) is 11.5 Å². The Morgan fingerprint density at radius 1 is 1.24 bits per heavy atom. The van der Waals surface area contributed by atoms with Crippen molar-refractivity contribution < 1.29 is 19.7 Å². The first-order valence-electron chi connectivity index (χ1n) is 6.62. The van der Waals surface area contributed by atoms with Gasteiger partial charge in [0.1, 0.15) is 0 Å². The van der Waals surface area contributed by atoms with Crippen molar-refractivity contribution in [1.82, 2.24) is 0 Å². The van der Waals surface area contributed by atoms with Crippen LogP contribution in [0.15, 0.2) is 48.5 Å². The summed E-state index contributed by atoms with van der Waals surface area (Å²) in [5.41, 5.74) is 1.21. The second-order valence-electron chi connectivity index (χ2n) is 4.44. The molecule has 0 aliphatic heterocycles. The quantitative estimate of drug-likeness (QED) is 0.761. The van der Waals surface area contributed by atoms with E-state index in [4.69, 9.17) is 4.74 Å². The first kappa shape index (κ1) is 14.7. The molecule has 0 amide bonds. The van der Waals surface area contributed by atoms with Gasteiger partial charge in [0.05, 0.1) is 6.61 Å². The maximum Gasteiger partial charge on any atom is 0.330 e. The summed E-state index contributed by atoms with van der Waals surface area (Å²) < 4.78 is 5.29. The number of para-hydroxylation sites is 1. The molecule has 0 fully saturated rings. The van der Waals surface area contributed by atoms with Crippen LogP contribution >= 0.6 is 0 Å². The fourth-order valence-corrected chi connectivity index (χ4v) is 1.97. The molecule has 0 aliphatic carbocycles. The SMILES string of the molecule is CCOc1cc(C(Nc2ccccc2)C(=O)O)ccc1O. The summed E-state index contributed by atoms with van der Waals surface area (Å²) in [6.45, 7) is 2.18. The Morgan fingerprint density at radius 3 is 2.57 bits per heavy atom. The van der Waals surface area contributed by atoms with Gasteiger partial charge in [0.15, 0.2) is 17.5 Å². The lowest BCUT2D eigenvalue weighted by atomic mass is 10.1. The maximum atomic E-state index is 11.5. The van der Waals surface area contributed by atoms with Crippen molar-refractivity contribution in [2.24, 2.45) is 0 Å². The van der Waals surface area contributed by atoms with Crippen LogP contribution in [0.1, 0.15) is 18.5 Å². The lowest BCUT2D eigenvalue weighted by molar-refractivity contribution is -0.138. The number of carboxylic acids is 1. The van der Waals surface area contributed by atoms with Gasteiger partial charge in [0.2, 0.25) is 0 Å². The minimum atomic E-state index is -1.01. The molecule has 3 N–H and O–H groups in total. The van der Waals surface area contributed by atoms with E-state index < -0.39 is 12.0 Å². The number of ether oxygens (including phenoxy) is 1. The molecule has 110 valence electrons. The van der Waals surface area contributed by atoms with E-state index in [9.17, 15) is 15.0 Å². The molecule has 0 aliphatic rings. The maximum absolute atomic E-state index is 11.5. The minimum Gasteiger partial charge on any atom is -0.504 e. The molecule has 5 nitrogen and oxygen atoms in total. The molecule has 0 heterocycles. The summed E-state index contributed by atoms with van der Waals surface area (Å²) in [4.78, 5) is 11.5. The highest BCUT2D eigenvalue weighted by Gasteiger charge is 2.21. The zero-order valence-corrected chi connectivity index (χ0v) is 11.6. The molecule has 0 saturated carbocycles. The highest BCUT2D eigenvalue weighted by atomic mass is 16.5. The number of hydrogen-bond donors (Lipinski definition) is 3. The van der Waals surface area contributed by atoms with E-state index in [0.29, 0.717) is 17.9 Å². The molecule has 0 saturated heterocycles. The molecule has 0 bridgehead atoms. The molecular formula is C16H17NO4. The predicted octanol–water partition coefficient (Wildman–Crippen LogP) is 3.03. The second-order valence-corrected chi connectivity index (χ2v) is 4.44. The molecule has 1 unspecified atom stereocenters. The van der Waals surface area contributed by atoms with Gasteiger partial charge in [0.25, 0.3) is 0 Å². The summed E-state index contributed by atoms with van der Waals surface area (Å²) in [5, 5.41) is 22.0. The van der Waals surface area contributed by atoms with E-state index in [0.717, 1.165) is 0 Å². The molecule has 2 aromatic rings. The van der Waals surface area contributed by atoms with Gasteiger partial charge in [-0.3, -0.25) is 0 Å². The number of benzene rings is 2. The monoisotopic (exact) mass is 287 g/mol. The van der Waals surface area contributed by atoms with Gasteiger partial charge in [-0.1, -0.05) is 24.3 Å². The fourth-order valence-electron chi connectivity index (χ4n) is 1.97. The summed E-state index contributed by atoms with van der Waals surface area (Å²) >= 11 is 0. The summed E-state index contributed by atoms with van der Waals surface area (Å²) in [5.74, 6) is -0.743. The van der Waals surface area contributed by atoms with Crippen LogP contribution in [0.25, 0.3) is 0 Å². The molecule has 0 radical (unpaired) electrons. The van der Waals surface area contributed by atoms with E-state index in [2.05, 4.69) is 5.32 Å². The van der Waals surface area contributed by atoms with Crippen molar-refractivity contribution in [3.63, 3.8) is 0 Å². The van der Waals surface area contributed by atoms with Gasteiger partial charge in [-0.2, -0.15) is 0 Å². The third-order valence-corrected chi connectivity index (χ3v) is 2.95. The first-order valence-corrected chi connectivity index (χ1v) is 6.62. The van der Waals surface area contributed by atoms with Crippen molar-refractivity contribution in [1.29, 1.82) is 0 Å². The van der Waals surface area contributed by atoms with Crippen LogP contribution in [0.4, 0.5) is 5.69 Å². The third kappa shape index (κ3) is 3.66. The predicted molar refractivity (Wildman–Crippen MR) is 79.7 cm³/mol. The zero-order valence-electron chi connectivity index (χ0n) is 11.6. The van der Waals surface area contributed by atoms with Gasteiger partial charge in [-0.25, -0.2) is 4.79 Å². The number of carboxylic acid groups (broad SMARTS) is 1. The Morgan fingerprint density at radius 2 is 1.95 bits per heavy atom. The minimum absolute atomic E-state index is 0.00977. The second kappa shape index (κ2) is 6.65. The lowest BCUT2D eigenvalue weighted by Gasteiger charge is -2.17. The Bertz CT molecular complexity index is 613. The highest BCUT2D eigenvalue weighted by molar-refractivity contribution is 5.79. The summed E-state index contributed by atoms with van der Waals surface area (Å²) in [6, 6.07) is 12.7. The van der Waals surface area contributed by atoms with Crippen LogP contribution in [-0.4, -0.2) is 22.8 Å². The van der Waals surface area contributed by atoms with Crippen LogP contribution in [0.2, 0.25) is 0 Å². The number of rotatable bonds is 6. The topological polar surface area (TPSA) is 78.8 Å². The number of anilines is 1. The van der Waals surface area contributed by atoms with Crippen molar-refractivity contribution in [3.8, 4) is 11.5 Å². The fraction of sp³-hybridized carbons (Fsp3) is 0.188. The normalized spacial score (nSPS) is 11.7. The van der Waals surface area contributed by atoms with Gasteiger partial charge in [-0.15, -0.1) is 0 Å². The average molecular weight is 287 g/mol. The van der Waals surface area contributed by atoms with Crippen LogP contribution in [0.5, 0.6) is 11.5 Å². The smallest absolute Gasteiger partial charge is 0.330 e. The van der Waals surface area contributed by atoms with Crippen molar-refractivity contribution >= 4 is 11.7 Å². The number of carbonyl (C=O) groups is 1. The first-order chi connectivity index (χ1) is 10.1. The molecule has 0 spiro atoms. The average Bonchev–Trinajstić information content (AvgIpc) is 2.48. The lowest BCUT2D eigenvalue weighted by Crippen LogP contribution is -2.20. The molecule has 5 heteroatoms. The summed E-state index contributed by atoms with van der Waals surface area (Å²) in [7, 11) is 0. The Labute approximate surface area is 122 Å². The molecule has 21 heavy (non-hydrogen) atoms. The van der Waals surface area contributed by atoms with Gasteiger partial charge < -0.3 is 20.3 Å². The number of phenolic OH excluding ortho intramolecular Hbond substituents is 1. The Hall–Kier alpha value is -2.69. The highest BCUT2D eigenvalue weighted by Crippen LogP contribution is 2.30. The molecule has 0 aromatic heterocycles. The van der Waals surface area contributed by atoms with E-state index in [1.54, 1.807) is 25.1 Å². The zero-order chi connectivity index (χ0) is 15.2. The van der Waals surface area contributed by atoms with Crippen molar-refractivity contribution in [2.75, 3.05) is 11.9 Å². The number of aliphatic carboxylic acids is 1. The number of phenols is 1. The molecule has 2 aromatic carbocycles. The van der Waals surface area contributed by atoms with Crippen LogP contribution in [0, 0.1) is 0 Å². The number of nitrogens with one attached hydrogen (secondary N) is 1. The Balaban J connectivity index is 2.30. The number of hydrogen-bond acceptors (Lipinski definition) is 4. The molecule has 2 rings (SSSR count). The van der Waals surface area contributed by atoms with E-state index in [1.807, 2.05) is 18.2 Å². The Kier molecular flexibility index (Phi) is 4.66. The van der Waals surface area contributed by atoms with E-state index >= 15 is 0 Å². The third-order valence-electron chi connectivity index (χ3n) is 2.95. The number of aromatic hydroxyl groups is 1. The van der Waals surface area contributed by atoms with Crippen LogP contribution in [0.3, 0.4) is 0 Å². The molecule has 1 atom stereocenters. The van der Waals surface area contributed by atoms with Gasteiger partial charge in [0, 0.05) is 5.69 Å². The van der Waals surface area contributed by atoms with Crippen LogP contribution in [-0.2, 0) is 4.79 Å². The van der Waals surface area contributed by atoms with Gasteiger partial charge in [-0.05, 0) is 36.8 Å². The molecular weight excluding hydrogens is 270 g/mol. The van der Waals surface area contributed by atoms with Gasteiger partial charge >= 0.3 is 5.97 Å². The van der Waals surface area contributed by atoms with Crippen LogP contribution < -0.4 is 10.1 Å². The summed E-state index contributed by atoms with van der Waals surface area (Å²) in [6.07, 6.45) is 0. The van der Waals surface area contributed by atoms with Crippen molar-refractivity contribution in [2.45, 2.75) is 13.0 Å². The van der Waals surface area contributed by atoms with Crippen molar-refractivity contribution in [3.05, 3.63) is 54.1 Å².